The molecule has 204 valence electrons. The van der Waals surface area contributed by atoms with E-state index in [4.69, 9.17) is 4.74 Å². The lowest BCUT2D eigenvalue weighted by Gasteiger charge is -2.29. The molecule has 1 saturated heterocycles. The van der Waals surface area contributed by atoms with Gasteiger partial charge in [0.1, 0.15) is 24.5 Å². The Bertz CT molecular complexity index is 1460. The number of benzene rings is 2. The quantitative estimate of drug-likeness (QED) is 0.316. The second-order valence-corrected chi connectivity index (χ2v) is 9.25. The Morgan fingerprint density at radius 3 is 2.41 bits per heavy atom. The number of likely N-dealkylation sites (tertiary alicyclic amines) is 1. The van der Waals surface area contributed by atoms with Crippen LogP contribution in [0.3, 0.4) is 0 Å². The molecule has 0 atom stereocenters. The molecule has 39 heavy (non-hydrogen) atoms. The smallest absolute Gasteiger partial charge is 0.416 e. The number of hydrogen-bond acceptors (Lipinski definition) is 7. The highest BCUT2D eigenvalue weighted by Gasteiger charge is 2.32. The second-order valence-electron chi connectivity index (χ2n) is 9.25. The van der Waals surface area contributed by atoms with Gasteiger partial charge in [-0.05, 0) is 56.3 Å². The third-order valence-electron chi connectivity index (χ3n) is 6.43. The van der Waals surface area contributed by atoms with Crippen molar-refractivity contribution in [2.75, 3.05) is 43.1 Å². The van der Waals surface area contributed by atoms with Crippen molar-refractivity contribution < 1.29 is 22.7 Å². The Morgan fingerprint density at radius 1 is 1.00 bits per heavy atom. The molecule has 2 aromatic carbocycles. The van der Waals surface area contributed by atoms with Crippen LogP contribution in [0, 0.1) is 0 Å². The molecular formula is C26H27F3N8O2. The Hall–Kier alpha value is -4.39. The molecule has 3 N–H and O–H groups in total. The summed E-state index contributed by atoms with van der Waals surface area (Å²) in [6, 6.07) is 9.42. The summed E-state index contributed by atoms with van der Waals surface area (Å²) in [5, 5.41) is 8.10. The van der Waals surface area contributed by atoms with Crippen molar-refractivity contribution >= 4 is 34.4 Å². The summed E-state index contributed by atoms with van der Waals surface area (Å²) in [7, 11) is 3.73. The summed E-state index contributed by atoms with van der Waals surface area (Å²) in [4.78, 5) is 27.6. The molecule has 13 heteroatoms. The number of hydrogen-bond donors (Lipinski definition) is 3. The van der Waals surface area contributed by atoms with E-state index in [9.17, 15) is 18.0 Å². The number of nitrogens with one attached hydrogen (secondary N) is 3. The van der Waals surface area contributed by atoms with Crippen molar-refractivity contribution in [3.05, 3.63) is 60.7 Å². The zero-order valence-electron chi connectivity index (χ0n) is 21.3. The van der Waals surface area contributed by atoms with Gasteiger partial charge in [-0.1, -0.05) is 0 Å². The molecular weight excluding hydrogens is 513 g/mol. The summed E-state index contributed by atoms with van der Waals surface area (Å²) in [6.07, 6.45) is -0.298. The minimum Gasteiger partial charge on any atom is -0.490 e. The number of aromatic nitrogens is 4. The summed E-state index contributed by atoms with van der Waals surface area (Å²) >= 11 is 0. The van der Waals surface area contributed by atoms with Crippen LogP contribution < -0.4 is 20.7 Å². The maximum absolute atomic E-state index is 13.5. The van der Waals surface area contributed by atoms with E-state index >= 15 is 0 Å². The summed E-state index contributed by atoms with van der Waals surface area (Å²) in [6.45, 7) is 1.61. The molecule has 2 amide bonds. The molecule has 0 radical (unpaired) electrons. The molecule has 3 heterocycles. The van der Waals surface area contributed by atoms with E-state index in [-0.39, 0.29) is 17.5 Å². The zero-order valence-corrected chi connectivity index (χ0v) is 21.3. The van der Waals surface area contributed by atoms with Gasteiger partial charge >= 0.3 is 12.2 Å². The number of nitrogens with zero attached hydrogens (tertiary/aromatic N) is 5. The molecule has 0 bridgehead atoms. The number of piperidine rings is 1. The van der Waals surface area contributed by atoms with Crippen LogP contribution >= 0.6 is 0 Å². The fraction of sp³-hybridized carbons (Fsp3) is 0.308. The third kappa shape index (κ3) is 6.03. The minimum absolute atomic E-state index is 0.0215. The van der Waals surface area contributed by atoms with Gasteiger partial charge in [0.2, 0.25) is 0 Å². The number of carbonyl (C=O) groups excluding carboxylic acids is 1. The second kappa shape index (κ2) is 10.8. The molecule has 0 saturated carbocycles. The first-order chi connectivity index (χ1) is 18.7. The fourth-order valence-electron chi connectivity index (χ4n) is 4.40. The molecule has 4 aromatic rings. The molecule has 0 aliphatic carbocycles. The van der Waals surface area contributed by atoms with Crippen molar-refractivity contribution in [3.63, 3.8) is 0 Å². The standard InChI is InChI=1S/C26H27F3N8O2/c1-30-23-22-24(32-14-31-23)37(15-33-22)19-5-3-17(4-6-19)34-25(38)35-18-11-16(26(27,28)29)12-21(13-18)39-20-7-9-36(2)10-8-20/h3-6,11-15,20H,7-10H2,1-2H3,(H,30,31,32)(H2,34,35,38). The lowest BCUT2D eigenvalue weighted by molar-refractivity contribution is -0.137. The van der Waals surface area contributed by atoms with Crippen molar-refractivity contribution in [1.29, 1.82) is 0 Å². The van der Waals surface area contributed by atoms with E-state index in [1.165, 1.54) is 12.4 Å². The average Bonchev–Trinajstić information content (AvgIpc) is 3.34. The normalized spacial score (nSPS) is 14.8. The molecule has 1 aliphatic rings. The molecule has 0 spiro atoms. The van der Waals surface area contributed by atoms with Crippen LogP contribution in [-0.2, 0) is 6.18 Å². The summed E-state index contributed by atoms with van der Waals surface area (Å²) in [5.41, 5.74) is 1.49. The van der Waals surface area contributed by atoms with Crippen molar-refractivity contribution in [2.45, 2.75) is 25.1 Å². The Labute approximate surface area is 222 Å². The first-order valence-electron chi connectivity index (χ1n) is 12.3. The van der Waals surface area contributed by atoms with Gasteiger partial charge in [-0.25, -0.2) is 19.7 Å². The van der Waals surface area contributed by atoms with Crippen LogP contribution in [0.2, 0.25) is 0 Å². The highest BCUT2D eigenvalue weighted by molar-refractivity contribution is 6.00. The van der Waals surface area contributed by atoms with Gasteiger partial charge in [-0.15, -0.1) is 0 Å². The topological polar surface area (TPSA) is 109 Å². The van der Waals surface area contributed by atoms with E-state index < -0.39 is 17.8 Å². The molecule has 0 unspecified atom stereocenters. The Morgan fingerprint density at radius 2 is 1.72 bits per heavy atom. The van der Waals surface area contributed by atoms with E-state index in [1.54, 1.807) is 42.2 Å². The minimum atomic E-state index is -4.59. The predicted octanol–water partition coefficient (Wildman–Crippen LogP) is 4.99. The van der Waals surface area contributed by atoms with Crippen LogP contribution in [-0.4, -0.2) is 63.7 Å². The molecule has 1 aliphatic heterocycles. The molecule has 2 aromatic heterocycles. The number of fused-ring (bicyclic) bond motifs is 1. The summed E-state index contributed by atoms with van der Waals surface area (Å²) < 4.78 is 48.3. The highest BCUT2D eigenvalue weighted by atomic mass is 19.4. The maximum Gasteiger partial charge on any atom is 0.416 e. The van der Waals surface area contributed by atoms with Gasteiger partial charge in [-0.3, -0.25) is 4.57 Å². The number of anilines is 3. The lowest BCUT2D eigenvalue weighted by atomic mass is 10.1. The third-order valence-corrected chi connectivity index (χ3v) is 6.43. The molecule has 10 nitrogen and oxygen atoms in total. The fourth-order valence-corrected chi connectivity index (χ4v) is 4.40. The van der Waals surface area contributed by atoms with Gasteiger partial charge in [0.25, 0.3) is 0 Å². The first kappa shape index (κ1) is 26.2. The van der Waals surface area contributed by atoms with Gasteiger partial charge in [0, 0.05) is 43.3 Å². The van der Waals surface area contributed by atoms with E-state index in [0.717, 1.165) is 30.9 Å². The number of alkyl halides is 3. The van der Waals surface area contributed by atoms with E-state index in [0.29, 0.717) is 35.5 Å². The monoisotopic (exact) mass is 540 g/mol. The SMILES string of the molecule is CNc1ncnc2c1ncn2-c1ccc(NC(=O)Nc2cc(OC3CCN(C)CC3)cc(C(F)(F)F)c2)cc1. The lowest BCUT2D eigenvalue weighted by Crippen LogP contribution is -2.35. The average molecular weight is 541 g/mol. The Kier molecular flexibility index (Phi) is 7.24. The van der Waals surface area contributed by atoms with E-state index in [1.807, 2.05) is 7.05 Å². The van der Waals surface area contributed by atoms with Gasteiger partial charge in [0.15, 0.2) is 17.0 Å². The largest absolute Gasteiger partial charge is 0.490 e. The van der Waals surface area contributed by atoms with Crippen LogP contribution in [0.15, 0.2) is 55.1 Å². The molecule has 1 fully saturated rings. The number of amides is 2. The predicted molar refractivity (Wildman–Crippen MR) is 141 cm³/mol. The maximum atomic E-state index is 13.5. The van der Waals surface area contributed by atoms with Crippen LogP contribution in [0.5, 0.6) is 5.75 Å². The number of ether oxygens (including phenoxy) is 1. The van der Waals surface area contributed by atoms with Crippen LogP contribution in [0.1, 0.15) is 18.4 Å². The van der Waals surface area contributed by atoms with Crippen molar-refractivity contribution in [2.24, 2.45) is 0 Å². The number of urea groups is 1. The highest BCUT2D eigenvalue weighted by Crippen LogP contribution is 2.35. The zero-order chi connectivity index (χ0) is 27.6. The number of halogens is 3. The van der Waals surface area contributed by atoms with Gasteiger partial charge in [0.05, 0.1) is 5.56 Å². The van der Waals surface area contributed by atoms with Crippen molar-refractivity contribution in [1.82, 2.24) is 24.4 Å². The number of imidazole rings is 1. The van der Waals surface area contributed by atoms with Crippen LogP contribution in [0.25, 0.3) is 16.9 Å². The van der Waals surface area contributed by atoms with Gasteiger partial charge < -0.3 is 25.6 Å². The van der Waals surface area contributed by atoms with Crippen molar-refractivity contribution in [3.8, 4) is 11.4 Å². The van der Waals surface area contributed by atoms with Crippen LogP contribution in [0.4, 0.5) is 35.2 Å². The number of carbonyl (C=O) groups is 1. The number of rotatable bonds is 6. The summed E-state index contributed by atoms with van der Waals surface area (Å²) in [5.74, 6) is 0.667. The van der Waals surface area contributed by atoms with Gasteiger partial charge in [-0.2, -0.15) is 13.2 Å². The molecule has 5 rings (SSSR count). The van der Waals surface area contributed by atoms with E-state index in [2.05, 4.69) is 35.8 Å². The Balaban J connectivity index is 1.28. The first-order valence-corrected chi connectivity index (χ1v) is 12.3.